The molecule has 5 nitrogen and oxygen atoms in total. The molecule has 174 valence electrons. The third-order valence-electron chi connectivity index (χ3n) is 5.64. The summed E-state index contributed by atoms with van der Waals surface area (Å²) in [5, 5.41) is 5.35. The molecule has 0 bridgehead atoms. The Morgan fingerprint density at radius 2 is 1.91 bits per heavy atom. The van der Waals surface area contributed by atoms with Crippen LogP contribution < -0.4 is 10.1 Å². The number of aryl methyl sites for hydroxylation is 1. The van der Waals surface area contributed by atoms with Gasteiger partial charge in [-0.1, -0.05) is 35.9 Å². The standard InChI is InChI=1S/C27H31NO4S/c1-17(2)30-24-21-15-20(28-16-19-10-8-18(3)9-11-19)12-13-22(21)32-27(4,5)25(24)31-26(29)23-7-6-14-33-23/h6-15,17,24-25,28H,16H2,1-5H3. The zero-order valence-electron chi connectivity index (χ0n) is 19.8. The van der Waals surface area contributed by atoms with Crippen molar-refractivity contribution in [2.24, 2.45) is 0 Å². The molecule has 1 N–H and O–H groups in total. The molecule has 0 spiro atoms. The first-order valence-electron chi connectivity index (χ1n) is 11.3. The fraction of sp³-hybridized carbons (Fsp3) is 0.370. The molecule has 0 radical (unpaired) electrons. The normalized spacial score (nSPS) is 19.0. The lowest BCUT2D eigenvalue weighted by Gasteiger charge is -2.44. The summed E-state index contributed by atoms with van der Waals surface area (Å²) in [7, 11) is 0. The van der Waals surface area contributed by atoms with Crippen LogP contribution in [-0.2, 0) is 16.0 Å². The van der Waals surface area contributed by atoms with Crippen LogP contribution in [0.2, 0.25) is 0 Å². The summed E-state index contributed by atoms with van der Waals surface area (Å²) in [5.74, 6) is 0.385. The van der Waals surface area contributed by atoms with Crippen molar-refractivity contribution < 1.29 is 19.0 Å². The lowest BCUT2D eigenvalue weighted by molar-refractivity contribution is -0.151. The molecule has 2 atom stereocenters. The van der Waals surface area contributed by atoms with Crippen LogP contribution in [0.5, 0.6) is 5.75 Å². The quantitative estimate of drug-likeness (QED) is 0.402. The Kier molecular flexibility index (Phi) is 6.77. The molecule has 3 aromatic rings. The highest BCUT2D eigenvalue weighted by atomic mass is 32.1. The van der Waals surface area contributed by atoms with Crippen LogP contribution in [-0.4, -0.2) is 23.8 Å². The Balaban J connectivity index is 1.61. The fourth-order valence-corrected chi connectivity index (χ4v) is 4.57. The first-order chi connectivity index (χ1) is 15.7. The predicted octanol–water partition coefficient (Wildman–Crippen LogP) is 6.53. The molecule has 0 saturated carbocycles. The number of esters is 1. The number of benzene rings is 2. The summed E-state index contributed by atoms with van der Waals surface area (Å²) < 4.78 is 18.6. The Labute approximate surface area is 199 Å². The van der Waals surface area contributed by atoms with Gasteiger partial charge >= 0.3 is 5.97 Å². The second-order valence-electron chi connectivity index (χ2n) is 9.21. The molecular formula is C27H31NO4S. The van der Waals surface area contributed by atoms with Gasteiger partial charge in [0.05, 0.1) is 6.10 Å². The SMILES string of the molecule is Cc1ccc(CNc2ccc3c(c2)C(OC(C)C)C(OC(=O)c2cccs2)C(C)(C)O3)cc1. The average Bonchev–Trinajstić information content (AvgIpc) is 3.30. The molecule has 0 saturated heterocycles. The van der Waals surface area contributed by atoms with Crippen LogP contribution in [0.4, 0.5) is 5.69 Å². The second kappa shape index (κ2) is 9.57. The van der Waals surface area contributed by atoms with E-state index >= 15 is 0 Å². The maximum atomic E-state index is 12.8. The highest BCUT2D eigenvalue weighted by Gasteiger charge is 2.48. The number of hydrogen-bond donors (Lipinski definition) is 1. The van der Waals surface area contributed by atoms with E-state index in [4.69, 9.17) is 14.2 Å². The van der Waals surface area contributed by atoms with E-state index in [9.17, 15) is 4.79 Å². The highest BCUT2D eigenvalue weighted by Crippen LogP contribution is 2.45. The molecule has 6 heteroatoms. The maximum Gasteiger partial charge on any atom is 0.348 e. The number of carbonyl (C=O) groups excluding carboxylic acids is 1. The third-order valence-corrected chi connectivity index (χ3v) is 6.49. The summed E-state index contributed by atoms with van der Waals surface area (Å²) in [6.45, 7) is 10.6. The summed E-state index contributed by atoms with van der Waals surface area (Å²) >= 11 is 1.36. The topological polar surface area (TPSA) is 56.8 Å². The van der Waals surface area contributed by atoms with Crippen molar-refractivity contribution in [2.45, 2.75) is 65.1 Å². The van der Waals surface area contributed by atoms with Crippen molar-refractivity contribution in [1.82, 2.24) is 0 Å². The predicted molar refractivity (Wildman–Crippen MR) is 132 cm³/mol. The molecule has 1 aromatic heterocycles. The summed E-state index contributed by atoms with van der Waals surface area (Å²) in [4.78, 5) is 13.4. The molecule has 4 rings (SSSR count). The number of thiophene rings is 1. The minimum absolute atomic E-state index is 0.0520. The zero-order chi connectivity index (χ0) is 23.6. The molecule has 1 aliphatic heterocycles. The average molecular weight is 466 g/mol. The minimum atomic E-state index is -0.754. The fourth-order valence-electron chi connectivity index (χ4n) is 3.96. The van der Waals surface area contributed by atoms with Crippen molar-refractivity contribution in [3.63, 3.8) is 0 Å². The zero-order valence-corrected chi connectivity index (χ0v) is 20.6. The number of rotatable bonds is 7. The van der Waals surface area contributed by atoms with E-state index in [0.29, 0.717) is 11.4 Å². The van der Waals surface area contributed by atoms with Crippen molar-refractivity contribution >= 4 is 23.0 Å². The molecule has 0 aliphatic carbocycles. The smallest absolute Gasteiger partial charge is 0.348 e. The van der Waals surface area contributed by atoms with E-state index in [0.717, 1.165) is 17.0 Å². The molecular weight excluding hydrogens is 434 g/mol. The van der Waals surface area contributed by atoms with Crippen molar-refractivity contribution in [3.8, 4) is 5.75 Å². The summed E-state index contributed by atoms with van der Waals surface area (Å²) in [5.41, 5.74) is 3.52. The maximum absolute atomic E-state index is 12.8. The molecule has 2 aromatic carbocycles. The van der Waals surface area contributed by atoms with Crippen LogP contribution in [0.25, 0.3) is 0 Å². The first-order valence-corrected chi connectivity index (χ1v) is 12.1. The monoisotopic (exact) mass is 465 g/mol. The van der Waals surface area contributed by atoms with Gasteiger partial charge in [0.15, 0.2) is 6.10 Å². The Morgan fingerprint density at radius 3 is 2.58 bits per heavy atom. The first kappa shape index (κ1) is 23.3. The minimum Gasteiger partial charge on any atom is -0.483 e. The molecule has 2 heterocycles. The highest BCUT2D eigenvalue weighted by molar-refractivity contribution is 7.11. The number of ether oxygens (including phenoxy) is 3. The number of anilines is 1. The van der Waals surface area contributed by atoms with Gasteiger partial charge in [-0.25, -0.2) is 4.79 Å². The van der Waals surface area contributed by atoms with Gasteiger partial charge in [0.25, 0.3) is 0 Å². The molecule has 33 heavy (non-hydrogen) atoms. The Hall–Kier alpha value is -2.83. The van der Waals surface area contributed by atoms with E-state index in [1.807, 2.05) is 57.3 Å². The Morgan fingerprint density at radius 1 is 1.15 bits per heavy atom. The largest absolute Gasteiger partial charge is 0.483 e. The number of fused-ring (bicyclic) bond motifs is 1. The van der Waals surface area contributed by atoms with Crippen LogP contribution in [0.1, 0.15) is 60.2 Å². The van der Waals surface area contributed by atoms with Gasteiger partial charge in [0, 0.05) is 17.8 Å². The van der Waals surface area contributed by atoms with Crippen molar-refractivity contribution in [2.75, 3.05) is 5.32 Å². The lowest BCUT2D eigenvalue weighted by atomic mass is 9.87. The van der Waals surface area contributed by atoms with Crippen LogP contribution in [0, 0.1) is 6.92 Å². The van der Waals surface area contributed by atoms with Crippen LogP contribution >= 0.6 is 11.3 Å². The molecule has 0 amide bonds. The van der Waals surface area contributed by atoms with E-state index in [2.05, 4.69) is 36.5 Å². The van der Waals surface area contributed by atoms with Crippen LogP contribution in [0.3, 0.4) is 0 Å². The van der Waals surface area contributed by atoms with Gasteiger partial charge in [-0.3, -0.25) is 0 Å². The van der Waals surface area contributed by atoms with E-state index in [1.165, 1.54) is 22.5 Å². The van der Waals surface area contributed by atoms with Crippen LogP contribution in [0.15, 0.2) is 60.0 Å². The van der Waals surface area contributed by atoms with E-state index in [1.54, 1.807) is 6.07 Å². The van der Waals surface area contributed by atoms with Gasteiger partial charge in [0.1, 0.15) is 22.3 Å². The van der Waals surface area contributed by atoms with Gasteiger partial charge in [-0.2, -0.15) is 0 Å². The number of nitrogens with one attached hydrogen (secondary N) is 1. The van der Waals surface area contributed by atoms with E-state index < -0.39 is 17.8 Å². The Bertz CT molecular complexity index is 1090. The summed E-state index contributed by atoms with van der Waals surface area (Å²) in [6.07, 6.45) is -1.10. The third kappa shape index (κ3) is 5.40. The van der Waals surface area contributed by atoms with Crippen molar-refractivity contribution in [1.29, 1.82) is 0 Å². The molecule has 0 fully saturated rings. The van der Waals surface area contributed by atoms with Gasteiger partial charge in [-0.15, -0.1) is 11.3 Å². The van der Waals surface area contributed by atoms with Gasteiger partial charge in [0.2, 0.25) is 0 Å². The number of carbonyl (C=O) groups is 1. The van der Waals surface area contributed by atoms with Gasteiger partial charge in [-0.05, 0) is 69.8 Å². The van der Waals surface area contributed by atoms with E-state index in [-0.39, 0.29) is 12.1 Å². The van der Waals surface area contributed by atoms with Crippen molar-refractivity contribution in [3.05, 3.63) is 81.5 Å². The second-order valence-corrected chi connectivity index (χ2v) is 10.2. The summed E-state index contributed by atoms with van der Waals surface area (Å²) in [6, 6.07) is 18.1. The lowest BCUT2D eigenvalue weighted by Crippen LogP contribution is -2.52. The molecule has 1 aliphatic rings. The molecule has 2 unspecified atom stereocenters. The number of hydrogen-bond acceptors (Lipinski definition) is 6. The van der Waals surface area contributed by atoms with Gasteiger partial charge < -0.3 is 19.5 Å².